The van der Waals surface area contributed by atoms with Gasteiger partial charge in [0.05, 0.1) is 23.5 Å². The third-order valence-electron chi connectivity index (χ3n) is 4.80. The Balaban J connectivity index is 1.75. The number of anilines is 2. The van der Waals surface area contributed by atoms with E-state index in [9.17, 15) is 0 Å². The summed E-state index contributed by atoms with van der Waals surface area (Å²) >= 11 is 12.1. The second-order valence-corrected chi connectivity index (χ2v) is 8.01. The van der Waals surface area contributed by atoms with Crippen LogP contribution in [0.15, 0.2) is 54.6 Å². The first kappa shape index (κ1) is 20.5. The Bertz CT molecular complexity index is 897. The van der Waals surface area contributed by atoms with Crippen molar-refractivity contribution in [1.29, 1.82) is 0 Å². The molecule has 0 bridgehead atoms. The third kappa shape index (κ3) is 4.98. The van der Waals surface area contributed by atoms with E-state index in [4.69, 9.17) is 28.2 Å². The number of hydrogen-bond donors (Lipinski definition) is 2. The zero-order chi connectivity index (χ0) is 20.3. The molecule has 5 heteroatoms. The molecule has 2 unspecified atom stereocenters. The number of aromatic nitrogens is 1. The van der Waals surface area contributed by atoms with E-state index in [2.05, 4.69) is 30.5 Å². The zero-order valence-electron chi connectivity index (χ0n) is 16.6. The lowest BCUT2D eigenvalue weighted by atomic mass is 10.1. The summed E-state index contributed by atoms with van der Waals surface area (Å²) in [5, 5.41) is 8.54. The van der Waals surface area contributed by atoms with Crippen LogP contribution in [-0.2, 0) is 0 Å². The largest absolute Gasteiger partial charge is 0.377 e. The molecule has 28 heavy (non-hydrogen) atoms. The number of hydrogen-bond acceptors (Lipinski definition) is 3. The lowest BCUT2D eigenvalue weighted by Gasteiger charge is -2.20. The fourth-order valence-corrected chi connectivity index (χ4v) is 3.60. The van der Waals surface area contributed by atoms with Gasteiger partial charge in [0.25, 0.3) is 0 Å². The molecule has 0 saturated carbocycles. The van der Waals surface area contributed by atoms with Gasteiger partial charge in [-0.05, 0) is 87.4 Å². The maximum atomic E-state index is 6.06. The maximum absolute atomic E-state index is 6.06. The third-order valence-corrected chi connectivity index (χ3v) is 5.27. The van der Waals surface area contributed by atoms with Crippen molar-refractivity contribution in [2.75, 3.05) is 10.6 Å². The molecular weight excluding hydrogens is 389 g/mol. The second-order valence-electron chi connectivity index (χ2n) is 7.14. The molecule has 0 fully saturated rings. The van der Waals surface area contributed by atoms with Crippen LogP contribution in [0.5, 0.6) is 0 Å². The first-order valence-electron chi connectivity index (χ1n) is 9.35. The average molecular weight is 414 g/mol. The summed E-state index contributed by atoms with van der Waals surface area (Å²) in [4.78, 5) is 4.88. The van der Waals surface area contributed by atoms with Gasteiger partial charge in [-0.15, -0.1) is 0 Å². The fraction of sp³-hybridized carbons (Fsp3) is 0.261. The molecule has 0 aliphatic carbocycles. The molecule has 0 saturated heterocycles. The summed E-state index contributed by atoms with van der Waals surface area (Å²) in [6.45, 7) is 8.32. The Hall–Kier alpha value is -2.23. The van der Waals surface area contributed by atoms with Crippen molar-refractivity contribution in [3.05, 3.63) is 87.2 Å². The van der Waals surface area contributed by atoms with Gasteiger partial charge >= 0.3 is 0 Å². The molecule has 3 rings (SSSR count). The van der Waals surface area contributed by atoms with Crippen LogP contribution in [0.4, 0.5) is 11.4 Å². The van der Waals surface area contributed by atoms with Crippen LogP contribution < -0.4 is 10.6 Å². The highest BCUT2D eigenvalue weighted by molar-refractivity contribution is 6.31. The lowest BCUT2D eigenvalue weighted by Crippen LogP contribution is -2.14. The van der Waals surface area contributed by atoms with Crippen LogP contribution in [0.25, 0.3) is 0 Å². The van der Waals surface area contributed by atoms with Gasteiger partial charge in [0.1, 0.15) is 0 Å². The summed E-state index contributed by atoms with van der Waals surface area (Å²) < 4.78 is 0. The van der Waals surface area contributed by atoms with Gasteiger partial charge in [-0.3, -0.25) is 4.98 Å². The topological polar surface area (TPSA) is 37.0 Å². The molecule has 146 valence electrons. The van der Waals surface area contributed by atoms with E-state index in [0.717, 1.165) is 43.9 Å². The number of benzene rings is 2. The van der Waals surface area contributed by atoms with Crippen molar-refractivity contribution in [1.82, 2.24) is 4.98 Å². The highest BCUT2D eigenvalue weighted by Crippen LogP contribution is 2.26. The molecule has 2 atom stereocenters. The SMILES string of the molecule is Cc1cc(Cl)ccc1NC(C)c1cccc(C(C)Nc2ccc(Cl)cc2C)n1. The van der Waals surface area contributed by atoms with Crippen molar-refractivity contribution in [2.24, 2.45) is 0 Å². The van der Waals surface area contributed by atoms with Crippen LogP contribution in [0.1, 0.15) is 48.4 Å². The molecule has 0 amide bonds. The Morgan fingerprint density at radius 2 is 1.14 bits per heavy atom. The molecule has 2 N–H and O–H groups in total. The smallest absolute Gasteiger partial charge is 0.0657 e. The van der Waals surface area contributed by atoms with E-state index < -0.39 is 0 Å². The molecule has 1 heterocycles. The monoisotopic (exact) mass is 413 g/mol. The Kier molecular flexibility index (Phi) is 6.48. The highest BCUT2D eigenvalue weighted by atomic mass is 35.5. The van der Waals surface area contributed by atoms with Crippen LogP contribution in [0.3, 0.4) is 0 Å². The van der Waals surface area contributed by atoms with E-state index in [1.807, 2.05) is 62.4 Å². The highest BCUT2D eigenvalue weighted by Gasteiger charge is 2.13. The molecule has 3 aromatic rings. The molecule has 1 aromatic heterocycles. The van der Waals surface area contributed by atoms with Gasteiger partial charge < -0.3 is 10.6 Å². The Morgan fingerprint density at radius 1 is 0.714 bits per heavy atom. The minimum atomic E-state index is 0.0734. The van der Waals surface area contributed by atoms with Crippen LogP contribution in [0, 0.1) is 13.8 Å². The minimum Gasteiger partial charge on any atom is -0.377 e. The number of pyridine rings is 1. The summed E-state index contributed by atoms with van der Waals surface area (Å²) in [6, 6.07) is 18.0. The maximum Gasteiger partial charge on any atom is 0.0657 e. The lowest BCUT2D eigenvalue weighted by molar-refractivity contribution is 0.779. The zero-order valence-corrected chi connectivity index (χ0v) is 18.1. The summed E-state index contributed by atoms with van der Waals surface area (Å²) in [6.07, 6.45) is 0. The van der Waals surface area contributed by atoms with Crippen molar-refractivity contribution in [3.8, 4) is 0 Å². The van der Waals surface area contributed by atoms with Crippen molar-refractivity contribution in [3.63, 3.8) is 0 Å². The average Bonchev–Trinajstić information content (AvgIpc) is 2.66. The van der Waals surface area contributed by atoms with Gasteiger partial charge in [-0.1, -0.05) is 29.3 Å². The van der Waals surface area contributed by atoms with Crippen molar-refractivity contribution in [2.45, 2.75) is 39.8 Å². The Morgan fingerprint density at radius 3 is 1.54 bits per heavy atom. The van der Waals surface area contributed by atoms with Gasteiger partial charge in [0.2, 0.25) is 0 Å². The number of nitrogens with zero attached hydrogens (tertiary/aromatic N) is 1. The minimum absolute atomic E-state index is 0.0734. The van der Waals surface area contributed by atoms with Crippen LogP contribution >= 0.6 is 23.2 Å². The van der Waals surface area contributed by atoms with Crippen LogP contribution in [0.2, 0.25) is 10.0 Å². The van der Waals surface area contributed by atoms with E-state index >= 15 is 0 Å². The first-order valence-corrected chi connectivity index (χ1v) is 10.1. The van der Waals surface area contributed by atoms with Crippen molar-refractivity contribution < 1.29 is 0 Å². The summed E-state index contributed by atoms with van der Waals surface area (Å²) in [5.74, 6) is 0. The van der Waals surface area contributed by atoms with E-state index in [-0.39, 0.29) is 12.1 Å². The second kappa shape index (κ2) is 8.85. The van der Waals surface area contributed by atoms with Gasteiger partial charge in [-0.25, -0.2) is 0 Å². The van der Waals surface area contributed by atoms with E-state index in [0.29, 0.717) is 0 Å². The molecular formula is C23H25Cl2N3. The standard InChI is InChI=1S/C23H25Cl2N3/c1-14-12-18(24)8-10-20(14)26-16(3)22-6-5-7-23(28-22)17(4)27-21-11-9-19(25)13-15(21)2/h5-13,16-17,26-27H,1-4H3. The van der Waals surface area contributed by atoms with Gasteiger partial charge in [0, 0.05) is 21.4 Å². The molecule has 0 aliphatic heterocycles. The van der Waals surface area contributed by atoms with Crippen molar-refractivity contribution >= 4 is 34.6 Å². The molecule has 0 aliphatic rings. The number of rotatable bonds is 6. The normalized spacial score (nSPS) is 13.1. The summed E-state index contributed by atoms with van der Waals surface area (Å²) in [5.41, 5.74) is 6.34. The summed E-state index contributed by atoms with van der Waals surface area (Å²) in [7, 11) is 0. The predicted molar refractivity (Wildman–Crippen MR) is 121 cm³/mol. The van der Waals surface area contributed by atoms with E-state index in [1.54, 1.807) is 0 Å². The first-order chi connectivity index (χ1) is 13.3. The molecule has 2 aromatic carbocycles. The van der Waals surface area contributed by atoms with Gasteiger partial charge in [0.15, 0.2) is 0 Å². The number of nitrogens with one attached hydrogen (secondary N) is 2. The number of aryl methyl sites for hydroxylation is 2. The molecule has 0 spiro atoms. The van der Waals surface area contributed by atoms with Crippen LogP contribution in [-0.4, -0.2) is 4.98 Å². The predicted octanol–water partition coefficient (Wildman–Crippen LogP) is 7.35. The van der Waals surface area contributed by atoms with E-state index in [1.165, 1.54) is 0 Å². The molecule has 3 nitrogen and oxygen atoms in total. The fourth-order valence-electron chi connectivity index (χ4n) is 3.14. The van der Waals surface area contributed by atoms with Gasteiger partial charge in [-0.2, -0.15) is 0 Å². The Labute approximate surface area is 177 Å². The number of halogens is 2. The quantitative estimate of drug-likeness (QED) is 0.443. The molecule has 0 radical (unpaired) electrons.